The lowest BCUT2D eigenvalue weighted by Gasteiger charge is -2.19. The van der Waals surface area contributed by atoms with Gasteiger partial charge in [-0.3, -0.25) is 14.4 Å². The van der Waals surface area contributed by atoms with Crippen molar-refractivity contribution in [3.05, 3.63) is 155 Å². The van der Waals surface area contributed by atoms with E-state index in [-0.39, 0.29) is 35.6 Å². The maximum absolute atomic E-state index is 14.2. The summed E-state index contributed by atoms with van der Waals surface area (Å²) in [6.07, 6.45) is -3.55. The minimum Gasteiger partial charge on any atom is -0.462 e. The number of nitrogens with zero attached hydrogens (tertiary/aromatic N) is 1. The first-order chi connectivity index (χ1) is 26.9. The highest BCUT2D eigenvalue weighted by Crippen LogP contribution is 2.37. The molecule has 0 aliphatic heterocycles. The Morgan fingerprint density at radius 2 is 1.43 bits per heavy atom. The van der Waals surface area contributed by atoms with Crippen molar-refractivity contribution < 1.29 is 46.6 Å². The second kappa shape index (κ2) is 19.4. The molecule has 56 heavy (non-hydrogen) atoms. The molecule has 0 saturated heterocycles. The zero-order chi connectivity index (χ0) is 40.1. The average molecular weight is 767 g/mol. The number of nitrogens with one attached hydrogen (secondary N) is 1. The van der Waals surface area contributed by atoms with Crippen LogP contribution in [0.3, 0.4) is 0 Å². The predicted molar refractivity (Wildman–Crippen MR) is 205 cm³/mol. The molecule has 0 aliphatic carbocycles. The summed E-state index contributed by atoms with van der Waals surface area (Å²) >= 11 is 0. The van der Waals surface area contributed by atoms with Crippen molar-refractivity contribution in [3.63, 3.8) is 0 Å². The number of carbonyl (C=O) groups is 4. The maximum Gasteiger partial charge on any atom is 0.417 e. The van der Waals surface area contributed by atoms with E-state index in [9.17, 15) is 32.3 Å². The van der Waals surface area contributed by atoms with Crippen molar-refractivity contribution in [1.29, 1.82) is 0 Å². The van der Waals surface area contributed by atoms with Gasteiger partial charge in [-0.2, -0.15) is 13.2 Å². The molecule has 0 unspecified atom stereocenters. The van der Waals surface area contributed by atoms with Crippen molar-refractivity contribution in [2.24, 2.45) is 0 Å². The first-order valence-electron chi connectivity index (χ1n) is 17.9. The van der Waals surface area contributed by atoms with Crippen molar-refractivity contribution >= 4 is 29.4 Å². The smallest absolute Gasteiger partial charge is 0.417 e. The molecule has 290 valence electrons. The number of amides is 2. The molecular weight excluding hydrogens is 725 g/mol. The van der Waals surface area contributed by atoms with Gasteiger partial charge in [0, 0.05) is 26.9 Å². The summed E-state index contributed by atoms with van der Waals surface area (Å²) < 4.78 is 58.8. The summed E-state index contributed by atoms with van der Waals surface area (Å²) in [4.78, 5) is 53.2. The number of alkyl halides is 3. The molecule has 0 aromatic heterocycles. The second-order valence-corrected chi connectivity index (χ2v) is 13.0. The number of ether oxygens (including phenoxy) is 3. The van der Waals surface area contributed by atoms with Gasteiger partial charge in [-0.25, -0.2) is 4.79 Å². The van der Waals surface area contributed by atoms with Crippen LogP contribution in [0.25, 0.3) is 11.1 Å². The van der Waals surface area contributed by atoms with Gasteiger partial charge in [0.25, 0.3) is 11.8 Å². The van der Waals surface area contributed by atoms with Crippen LogP contribution in [0, 0.1) is 0 Å². The summed E-state index contributed by atoms with van der Waals surface area (Å²) in [6.45, 7) is 1.11. The number of rotatable bonds is 16. The number of hydrogen-bond acceptors (Lipinski definition) is 7. The van der Waals surface area contributed by atoms with Crippen LogP contribution in [0.2, 0.25) is 0 Å². The highest BCUT2D eigenvalue weighted by molar-refractivity contribution is 6.12. The highest BCUT2D eigenvalue weighted by atomic mass is 19.4. The Kier molecular flexibility index (Phi) is 14.1. The van der Waals surface area contributed by atoms with Gasteiger partial charge in [0.1, 0.15) is 5.75 Å². The van der Waals surface area contributed by atoms with E-state index >= 15 is 0 Å². The SMILES string of the molecule is CN(C)C(=O)c1cc(CCCC(=O)Oc2ccc(C(=O)OCCCOCc3ccccc3)cc2)ccc1NC(=O)c1c(-c2ccccc2)cccc1C(F)(F)F. The molecule has 5 aromatic rings. The molecule has 9 nitrogen and oxygen atoms in total. The topological polar surface area (TPSA) is 111 Å². The number of benzene rings is 5. The van der Waals surface area contributed by atoms with E-state index in [1.807, 2.05) is 30.3 Å². The highest BCUT2D eigenvalue weighted by Gasteiger charge is 2.37. The van der Waals surface area contributed by atoms with Gasteiger partial charge in [0.05, 0.1) is 47.8 Å². The van der Waals surface area contributed by atoms with Gasteiger partial charge in [-0.05, 0) is 77.6 Å². The van der Waals surface area contributed by atoms with E-state index < -0.39 is 41.1 Å². The molecule has 0 heterocycles. The van der Waals surface area contributed by atoms with Gasteiger partial charge < -0.3 is 24.4 Å². The van der Waals surface area contributed by atoms with Gasteiger partial charge >= 0.3 is 18.1 Å². The molecule has 5 rings (SSSR count). The molecule has 0 saturated carbocycles. The maximum atomic E-state index is 14.2. The largest absolute Gasteiger partial charge is 0.462 e. The fraction of sp³-hybridized carbons (Fsp3) is 0.227. The lowest BCUT2D eigenvalue weighted by atomic mass is 9.94. The molecule has 0 aliphatic rings. The van der Waals surface area contributed by atoms with Crippen molar-refractivity contribution in [2.45, 2.75) is 38.5 Å². The second-order valence-electron chi connectivity index (χ2n) is 13.0. The molecule has 2 amide bonds. The standard InChI is InChI=1S/C44H41F3N2O7/c1-49(2)42(52)36-28-30(20-25-38(36)48-41(51)40-35(32-15-7-4-8-16-32)17-10-18-37(40)44(45,46)47)14-9-19-39(50)56-34-23-21-33(22-24-34)43(53)55-27-11-26-54-29-31-12-5-3-6-13-31/h3-8,10,12-13,15-18,20-25,28H,9,11,14,19,26-27,29H2,1-2H3,(H,48,51). The third-order valence-electron chi connectivity index (χ3n) is 8.60. The molecular formula is C44H41F3N2O7. The van der Waals surface area contributed by atoms with E-state index in [4.69, 9.17) is 14.2 Å². The molecule has 1 N–H and O–H groups in total. The first kappa shape index (κ1) is 40.9. The Morgan fingerprint density at radius 3 is 2.11 bits per heavy atom. The quantitative estimate of drug-likeness (QED) is 0.0606. The number of aryl methyl sites for hydroxylation is 1. The van der Waals surface area contributed by atoms with Crippen molar-refractivity contribution in [3.8, 4) is 16.9 Å². The fourth-order valence-corrected chi connectivity index (χ4v) is 5.80. The molecule has 0 fully saturated rings. The van der Waals surface area contributed by atoms with Crippen LogP contribution in [0.1, 0.15) is 67.0 Å². The number of hydrogen-bond donors (Lipinski definition) is 1. The van der Waals surface area contributed by atoms with E-state index in [0.29, 0.717) is 49.2 Å². The third kappa shape index (κ3) is 11.4. The van der Waals surface area contributed by atoms with Crippen LogP contribution in [0.5, 0.6) is 5.75 Å². The van der Waals surface area contributed by atoms with E-state index in [2.05, 4.69) is 5.32 Å². The number of esters is 2. The normalized spacial score (nSPS) is 11.1. The number of halogens is 3. The summed E-state index contributed by atoms with van der Waals surface area (Å²) in [5, 5.41) is 2.55. The Balaban J connectivity index is 1.15. The summed E-state index contributed by atoms with van der Waals surface area (Å²) in [5.41, 5.74) is 0.975. The van der Waals surface area contributed by atoms with Crippen LogP contribution >= 0.6 is 0 Å². The Hall–Kier alpha value is -6.27. The van der Waals surface area contributed by atoms with Crippen LogP contribution < -0.4 is 10.1 Å². The van der Waals surface area contributed by atoms with Gasteiger partial charge in [-0.1, -0.05) is 78.9 Å². The van der Waals surface area contributed by atoms with E-state index in [1.54, 1.807) is 42.5 Å². The van der Waals surface area contributed by atoms with Gasteiger partial charge in [0.15, 0.2) is 0 Å². The van der Waals surface area contributed by atoms with Crippen molar-refractivity contribution in [1.82, 2.24) is 4.90 Å². The molecule has 0 spiro atoms. The zero-order valence-corrected chi connectivity index (χ0v) is 30.9. The number of carbonyl (C=O) groups excluding carboxylic acids is 4. The van der Waals surface area contributed by atoms with Crippen LogP contribution in [-0.2, 0) is 33.5 Å². The summed E-state index contributed by atoms with van der Waals surface area (Å²) in [5.74, 6) is -2.27. The lowest BCUT2D eigenvalue weighted by Crippen LogP contribution is -2.25. The predicted octanol–water partition coefficient (Wildman–Crippen LogP) is 9.02. The van der Waals surface area contributed by atoms with Gasteiger partial charge in [-0.15, -0.1) is 0 Å². The monoisotopic (exact) mass is 766 g/mol. The first-order valence-corrected chi connectivity index (χ1v) is 17.9. The van der Waals surface area contributed by atoms with Crippen LogP contribution in [-0.4, -0.2) is 56.0 Å². The van der Waals surface area contributed by atoms with E-state index in [0.717, 1.165) is 11.6 Å². The molecule has 0 atom stereocenters. The molecule has 0 radical (unpaired) electrons. The van der Waals surface area contributed by atoms with Gasteiger partial charge in [0.2, 0.25) is 0 Å². The summed E-state index contributed by atoms with van der Waals surface area (Å²) in [7, 11) is 3.03. The molecule has 0 bridgehead atoms. The Labute approximate surface area is 323 Å². The Bertz CT molecular complexity index is 2120. The summed E-state index contributed by atoms with van der Waals surface area (Å²) in [6, 6.07) is 32.2. The zero-order valence-electron chi connectivity index (χ0n) is 30.9. The van der Waals surface area contributed by atoms with Crippen LogP contribution in [0.4, 0.5) is 18.9 Å². The average Bonchev–Trinajstić information content (AvgIpc) is 3.19. The minimum absolute atomic E-state index is 0.0298. The third-order valence-corrected chi connectivity index (χ3v) is 8.60. The minimum atomic E-state index is -4.82. The van der Waals surface area contributed by atoms with E-state index in [1.165, 1.54) is 61.5 Å². The molecule has 5 aromatic carbocycles. The number of anilines is 1. The fourth-order valence-electron chi connectivity index (χ4n) is 5.80. The molecule has 12 heteroatoms. The van der Waals surface area contributed by atoms with Crippen LogP contribution in [0.15, 0.2) is 121 Å². The Morgan fingerprint density at radius 1 is 0.732 bits per heavy atom. The van der Waals surface area contributed by atoms with Crippen molar-refractivity contribution in [2.75, 3.05) is 32.6 Å². The lowest BCUT2D eigenvalue weighted by molar-refractivity contribution is -0.138.